The number of alkyl halides is 3. The van der Waals surface area contributed by atoms with Gasteiger partial charge in [0.1, 0.15) is 0 Å². The average Bonchev–Trinajstić information content (AvgIpc) is 2.81. The maximum atomic E-state index is 12.6. The number of aromatic nitrogens is 1. The van der Waals surface area contributed by atoms with E-state index in [0.29, 0.717) is 13.1 Å². The van der Waals surface area contributed by atoms with Crippen LogP contribution < -0.4 is 10.9 Å². The van der Waals surface area contributed by atoms with E-state index in [1.54, 1.807) is 11.3 Å². The summed E-state index contributed by atoms with van der Waals surface area (Å²) in [7, 11) is 0. The second-order valence-electron chi connectivity index (χ2n) is 4.36. The largest absolute Gasteiger partial charge is 0.417 e. The van der Waals surface area contributed by atoms with E-state index in [0.717, 1.165) is 32.2 Å². The van der Waals surface area contributed by atoms with Crippen LogP contribution in [0.2, 0.25) is 0 Å². The van der Waals surface area contributed by atoms with E-state index in [1.165, 1.54) is 0 Å². The minimum Gasteiger partial charge on any atom is -0.314 e. The number of hydrogen-bond acceptors (Lipinski definition) is 3. The molecule has 0 spiro atoms. The van der Waals surface area contributed by atoms with E-state index in [-0.39, 0.29) is 6.54 Å². The molecule has 0 atom stereocenters. The topological polar surface area (TPSA) is 34.0 Å². The van der Waals surface area contributed by atoms with Gasteiger partial charge >= 0.3 is 6.18 Å². The summed E-state index contributed by atoms with van der Waals surface area (Å²) < 4.78 is 39.8. The van der Waals surface area contributed by atoms with Crippen LogP contribution in [-0.2, 0) is 19.3 Å². The maximum Gasteiger partial charge on any atom is 0.417 e. The number of pyridine rings is 1. The van der Waals surface area contributed by atoms with Crippen LogP contribution in [-0.4, -0.2) is 11.1 Å². The third-order valence-electron chi connectivity index (χ3n) is 2.76. The number of nitrogens with one attached hydrogen (secondary N) is 1. The third-order valence-corrected chi connectivity index (χ3v) is 4.46. The Hall–Kier alpha value is -1.12. The van der Waals surface area contributed by atoms with Crippen LogP contribution in [0, 0.1) is 0 Å². The fourth-order valence-electron chi connectivity index (χ4n) is 1.73. The van der Waals surface area contributed by atoms with Crippen LogP contribution in [0.15, 0.2) is 39.0 Å². The maximum absolute atomic E-state index is 12.6. The molecule has 0 aliphatic rings. The van der Waals surface area contributed by atoms with Gasteiger partial charge in [-0.1, -0.05) is 0 Å². The first kappa shape index (κ1) is 16.3. The SMILES string of the molecule is O=c1ccc(C(F)(F)F)cn1CCNCc1cc(Br)cs1. The molecule has 114 valence electrons. The lowest BCUT2D eigenvalue weighted by molar-refractivity contribution is -0.138. The molecule has 3 nitrogen and oxygen atoms in total. The zero-order valence-corrected chi connectivity index (χ0v) is 13.2. The monoisotopic (exact) mass is 380 g/mol. The highest BCUT2D eigenvalue weighted by molar-refractivity contribution is 9.10. The van der Waals surface area contributed by atoms with E-state index in [4.69, 9.17) is 0 Å². The highest BCUT2D eigenvalue weighted by Crippen LogP contribution is 2.27. The van der Waals surface area contributed by atoms with E-state index < -0.39 is 17.3 Å². The molecule has 8 heteroatoms. The first-order valence-electron chi connectivity index (χ1n) is 6.07. The van der Waals surface area contributed by atoms with Crippen molar-refractivity contribution in [3.8, 4) is 0 Å². The minimum atomic E-state index is -4.44. The van der Waals surface area contributed by atoms with Crippen LogP contribution in [0.5, 0.6) is 0 Å². The van der Waals surface area contributed by atoms with Crippen LogP contribution >= 0.6 is 27.3 Å². The fraction of sp³-hybridized carbons (Fsp3) is 0.308. The summed E-state index contributed by atoms with van der Waals surface area (Å²) in [5.41, 5.74) is -1.26. The highest BCUT2D eigenvalue weighted by atomic mass is 79.9. The summed E-state index contributed by atoms with van der Waals surface area (Å²) in [4.78, 5) is 12.6. The molecular formula is C13H12BrF3N2OS. The second kappa shape index (κ2) is 6.76. The van der Waals surface area contributed by atoms with Gasteiger partial charge in [0.15, 0.2) is 0 Å². The number of rotatable bonds is 5. The molecule has 0 bridgehead atoms. The summed E-state index contributed by atoms with van der Waals surface area (Å²) >= 11 is 4.92. The normalized spacial score (nSPS) is 11.8. The first-order chi connectivity index (χ1) is 9.86. The Labute approximate surface area is 131 Å². The first-order valence-corrected chi connectivity index (χ1v) is 7.75. The molecule has 1 N–H and O–H groups in total. The smallest absolute Gasteiger partial charge is 0.314 e. The molecule has 0 fully saturated rings. The Bertz CT molecular complexity index is 666. The summed E-state index contributed by atoms with van der Waals surface area (Å²) in [6.07, 6.45) is -3.59. The van der Waals surface area contributed by atoms with E-state index in [2.05, 4.69) is 21.2 Å². The number of hydrogen-bond donors (Lipinski definition) is 1. The van der Waals surface area contributed by atoms with Gasteiger partial charge in [-0.05, 0) is 28.1 Å². The van der Waals surface area contributed by atoms with Gasteiger partial charge in [0.2, 0.25) is 0 Å². The molecule has 2 aromatic heterocycles. The van der Waals surface area contributed by atoms with E-state index >= 15 is 0 Å². The molecule has 0 saturated carbocycles. The second-order valence-corrected chi connectivity index (χ2v) is 6.27. The Balaban J connectivity index is 1.92. The summed E-state index contributed by atoms with van der Waals surface area (Å²) in [6.45, 7) is 1.22. The highest BCUT2D eigenvalue weighted by Gasteiger charge is 2.30. The quantitative estimate of drug-likeness (QED) is 0.805. The van der Waals surface area contributed by atoms with Gasteiger partial charge in [0, 0.05) is 46.6 Å². The lowest BCUT2D eigenvalue weighted by Gasteiger charge is -2.11. The predicted octanol–water partition coefficient (Wildman–Crippen LogP) is 3.48. The van der Waals surface area contributed by atoms with Gasteiger partial charge in [0.25, 0.3) is 5.56 Å². The van der Waals surface area contributed by atoms with Gasteiger partial charge < -0.3 is 9.88 Å². The van der Waals surface area contributed by atoms with Gasteiger partial charge in [-0.2, -0.15) is 13.2 Å². The van der Waals surface area contributed by atoms with Gasteiger partial charge in [-0.3, -0.25) is 4.79 Å². The van der Waals surface area contributed by atoms with Crippen molar-refractivity contribution in [2.24, 2.45) is 0 Å². The van der Waals surface area contributed by atoms with Crippen molar-refractivity contribution >= 4 is 27.3 Å². The van der Waals surface area contributed by atoms with Crippen molar-refractivity contribution in [1.82, 2.24) is 9.88 Å². The molecular weight excluding hydrogens is 369 g/mol. The average molecular weight is 381 g/mol. The lowest BCUT2D eigenvalue weighted by atomic mass is 10.3. The number of thiophene rings is 1. The van der Waals surface area contributed by atoms with Crippen molar-refractivity contribution in [3.05, 3.63) is 55.0 Å². The molecule has 0 aromatic carbocycles. The molecule has 0 unspecified atom stereocenters. The van der Waals surface area contributed by atoms with Crippen molar-refractivity contribution in [2.45, 2.75) is 19.3 Å². The zero-order chi connectivity index (χ0) is 15.5. The standard InChI is InChI=1S/C13H12BrF3N2OS/c14-10-5-11(21-8-10)6-18-3-4-19-7-9(13(15,16)17)1-2-12(19)20/h1-2,5,7-8,18H,3-4,6H2. The molecule has 2 aromatic rings. The predicted molar refractivity (Wildman–Crippen MR) is 79.4 cm³/mol. The molecule has 21 heavy (non-hydrogen) atoms. The number of nitrogens with zero attached hydrogens (tertiary/aromatic N) is 1. The van der Waals surface area contributed by atoms with E-state index in [1.807, 2.05) is 11.4 Å². The van der Waals surface area contributed by atoms with Crippen molar-refractivity contribution in [1.29, 1.82) is 0 Å². The van der Waals surface area contributed by atoms with Gasteiger partial charge in [0.05, 0.1) is 5.56 Å². The van der Waals surface area contributed by atoms with Crippen molar-refractivity contribution in [2.75, 3.05) is 6.54 Å². The Morgan fingerprint density at radius 2 is 2.10 bits per heavy atom. The lowest BCUT2D eigenvalue weighted by Crippen LogP contribution is -2.27. The van der Waals surface area contributed by atoms with Crippen LogP contribution in [0.3, 0.4) is 0 Å². The van der Waals surface area contributed by atoms with Crippen LogP contribution in [0.4, 0.5) is 13.2 Å². The molecule has 0 amide bonds. The number of halogens is 4. The molecule has 0 aliphatic carbocycles. The Morgan fingerprint density at radius 3 is 2.71 bits per heavy atom. The molecule has 0 radical (unpaired) electrons. The van der Waals surface area contributed by atoms with Crippen molar-refractivity contribution < 1.29 is 13.2 Å². The van der Waals surface area contributed by atoms with Gasteiger partial charge in [-0.25, -0.2) is 0 Å². The van der Waals surface area contributed by atoms with Gasteiger partial charge in [-0.15, -0.1) is 11.3 Å². The third kappa shape index (κ3) is 4.69. The summed E-state index contributed by atoms with van der Waals surface area (Å²) in [5, 5.41) is 5.05. The molecule has 0 saturated heterocycles. The van der Waals surface area contributed by atoms with Crippen LogP contribution in [0.25, 0.3) is 0 Å². The minimum absolute atomic E-state index is 0.190. The summed E-state index contributed by atoms with van der Waals surface area (Å²) in [6, 6.07) is 3.71. The Kier molecular flexibility index (Phi) is 5.23. The van der Waals surface area contributed by atoms with Crippen molar-refractivity contribution in [3.63, 3.8) is 0 Å². The molecule has 2 heterocycles. The summed E-state index contributed by atoms with van der Waals surface area (Å²) in [5.74, 6) is 0. The fourth-order valence-corrected chi connectivity index (χ4v) is 3.15. The van der Waals surface area contributed by atoms with Crippen LogP contribution in [0.1, 0.15) is 10.4 Å². The molecule has 2 rings (SSSR count). The molecule has 0 aliphatic heterocycles. The Morgan fingerprint density at radius 1 is 1.33 bits per heavy atom. The zero-order valence-electron chi connectivity index (χ0n) is 10.8. The van der Waals surface area contributed by atoms with E-state index in [9.17, 15) is 18.0 Å².